The Hall–Kier alpha value is -2.61. The van der Waals surface area contributed by atoms with Crippen molar-refractivity contribution >= 4 is 29.3 Å². The second-order valence-electron chi connectivity index (χ2n) is 5.88. The number of benzene rings is 1. The number of aromatic nitrogens is 3. The van der Waals surface area contributed by atoms with Gasteiger partial charge in [0, 0.05) is 19.3 Å². The maximum atomic E-state index is 12.3. The number of aryl methyl sites for hydroxylation is 2. The minimum absolute atomic E-state index is 0.00829. The van der Waals surface area contributed by atoms with Crippen molar-refractivity contribution < 1.29 is 9.59 Å². The molecule has 2 amide bonds. The lowest BCUT2D eigenvalue weighted by Gasteiger charge is -2.16. The quantitative estimate of drug-likeness (QED) is 0.567. The van der Waals surface area contributed by atoms with Crippen molar-refractivity contribution in [2.45, 2.75) is 25.5 Å². The van der Waals surface area contributed by atoms with Gasteiger partial charge < -0.3 is 14.8 Å². The van der Waals surface area contributed by atoms with E-state index in [1.54, 1.807) is 13.1 Å². The summed E-state index contributed by atoms with van der Waals surface area (Å²) < 4.78 is 1.88. The highest BCUT2D eigenvalue weighted by atomic mass is 32.2. The molecule has 0 atom stereocenters. The van der Waals surface area contributed by atoms with Gasteiger partial charge in [0.1, 0.15) is 5.82 Å². The third-order valence-electron chi connectivity index (χ3n) is 3.68. The fourth-order valence-corrected chi connectivity index (χ4v) is 3.12. The average Bonchev–Trinajstić information content (AvgIpc) is 2.95. The highest BCUT2D eigenvalue weighted by molar-refractivity contribution is 7.99. The molecule has 0 saturated heterocycles. The van der Waals surface area contributed by atoms with Crippen molar-refractivity contribution in [1.29, 1.82) is 0 Å². The van der Waals surface area contributed by atoms with Crippen LogP contribution in [0.3, 0.4) is 0 Å². The molecule has 1 aromatic carbocycles. The van der Waals surface area contributed by atoms with E-state index in [0.717, 1.165) is 11.4 Å². The summed E-state index contributed by atoms with van der Waals surface area (Å²) in [7, 11) is 1.61. The molecular formula is C18H23N5O2S. The van der Waals surface area contributed by atoms with E-state index in [1.807, 2.05) is 42.7 Å². The molecular weight excluding hydrogens is 350 g/mol. The summed E-state index contributed by atoms with van der Waals surface area (Å²) >= 11 is 1.30. The first-order chi connectivity index (χ1) is 12.4. The van der Waals surface area contributed by atoms with Gasteiger partial charge >= 0.3 is 0 Å². The van der Waals surface area contributed by atoms with Crippen LogP contribution in [0.5, 0.6) is 0 Å². The first-order valence-corrected chi connectivity index (χ1v) is 9.13. The highest BCUT2D eigenvalue weighted by Gasteiger charge is 2.16. The predicted octanol–water partition coefficient (Wildman–Crippen LogP) is 2.27. The van der Waals surface area contributed by atoms with Crippen LogP contribution in [-0.2, 0) is 16.1 Å². The lowest BCUT2D eigenvalue weighted by atomic mass is 10.2. The van der Waals surface area contributed by atoms with Gasteiger partial charge in [0.05, 0.1) is 12.3 Å². The smallest absolute Gasteiger partial charge is 0.243 e. The normalized spacial score (nSPS) is 10.4. The van der Waals surface area contributed by atoms with Crippen LogP contribution in [0.15, 0.2) is 42.1 Å². The van der Waals surface area contributed by atoms with Crippen molar-refractivity contribution in [2.75, 3.05) is 24.7 Å². The number of amides is 2. The van der Waals surface area contributed by atoms with Gasteiger partial charge in [-0.25, -0.2) is 0 Å². The third kappa shape index (κ3) is 5.45. The molecule has 0 aliphatic rings. The van der Waals surface area contributed by atoms with Gasteiger partial charge in [0.2, 0.25) is 11.8 Å². The highest BCUT2D eigenvalue weighted by Crippen LogP contribution is 2.17. The van der Waals surface area contributed by atoms with Crippen LogP contribution < -0.4 is 5.32 Å². The molecule has 8 heteroatoms. The number of allylic oxidation sites excluding steroid dienone is 1. The summed E-state index contributed by atoms with van der Waals surface area (Å²) in [5.74, 6) is 0.565. The molecule has 1 aromatic heterocycles. The number of hydrogen-bond donors (Lipinski definition) is 1. The number of nitrogens with one attached hydrogen (secondary N) is 1. The number of hydrogen-bond acceptors (Lipinski definition) is 5. The Morgan fingerprint density at radius 3 is 2.62 bits per heavy atom. The van der Waals surface area contributed by atoms with Gasteiger partial charge in [-0.05, 0) is 26.0 Å². The average molecular weight is 373 g/mol. The van der Waals surface area contributed by atoms with Crippen molar-refractivity contribution in [3.05, 3.63) is 48.3 Å². The van der Waals surface area contributed by atoms with Crippen molar-refractivity contribution in [1.82, 2.24) is 19.7 Å². The lowest BCUT2D eigenvalue weighted by Crippen LogP contribution is -2.36. The standard InChI is InChI=1S/C18H23N5O2S/c1-5-10-23-14(3)20-21-18(23)26-12-17(25)22(4)11-16(24)19-15-8-6-13(2)7-9-15/h5-9H,1,10-12H2,2-4H3,(H,19,24). The monoisotopic (exact) mass is 373 g/mol. The summed E-state index contributed by atoms with van der Waals surface area (Å²) in [6.45, 7) is 8.12. The van der Waals surface area contributed by atoms with Crippen LogP contribution in [0, 0.1) is 13.8 Å². The maximum absolute atomic E-state index is 12.3. The molecule has 2 rings (SSSR count). The van der Waals surface area contributed by atoms with Gasteiger partial charge in [-0.2, -0.15) is 0 Å². The Balaban J connectivity index is 1.84. The number of carbonyl (C=O) groups is 2. The SMILES string of the molecule is C=CCn1c(C)nnc1SCC(=O)N(C)CC(=O)Nc1ccc(C)cc1. The summed E-state index contributed by atoms with van der Waals surface area (Å²) in [6, 6.07) is 7.50. The Bertz CT molecular complexity index is 785. The van der Waals surface area contributed by atoms with Gasteiger partial charge in [0.25, 0.3) is 0 Å². The summed E-state index contributed by atoms with van der Waals surface area (Å²) in [5, 5.41) is 11.5. The molecule has 0 spiro atoms. The Kier molecular flexibility index (Phi) is 6.97. The molecule has 2 aromatic rings. The molecule has 1 N–H and O–H groups in total. The number of carbonyl (C=O) groups excluding carboxylic acids is 2. The molecule has 0 bridgehead atoms. The van der Waals surface area contributed by atoms with Crippen molar-refractivity contribution in [3.63, 3.8) is 0 Å². The first kappa shape index (κ1) is 19.7. The third-order valence-corrected chi connectivity index (χ3v) is 4.63. The van der Waals surface area contributed by atoms with Crippen LogP contribution in [0.25, 0.3) is 0 Å². The van der Waals surface area contributed by atoms with Crippen molar-refractivity contribution in [2.24, 2.45) is 0 Å². The van der Waals surface area contributed by atoms with Crippen LogP contribution in [0.1, 0.15) is 11.4 Å². The zero-order valence-electron chi connectivity index (χ0n) is 15.2. The van der Waals surface area contributed by atoms with E-state index in [4.69, 9.17) is 0 Å². The van der Waals surface area contributed by atoms with E-state index in [0.29, 0.717) is 17.4 Å². The number of nitrogens with zero attached hydrogens (tertiary/aromatic N) is 4. The van der Waals surface area contributed by atoms with E-state index < -0.39 is 0 Å². The molecule has 0 unspecified atom stereocenters. The number of rotatable bonds is 8. The second-order valence-corrected chi connectivity index (χ2v) is 6.82. The van der Waals surface area contributed by atoms with Gasteiger partial charge in [-0.15, -0.1) is 16.8 Å². The van der Waals surface area contributed by atoms with E-state index >= 15 is 0 Å². The fourth-order valence-electron chi connectivity index (χ4n) is 2.19. The van der Waals surface area contributed by atoms with Crippen molar-refractivity contribution in [3.8, 4) is 0 Å². The van der Waals surface area contributed by atoms with E-state index in [2.05, 4.69) is 22.1 Å². The zero-order valence-corrected chi connectivity index (χ0v) is 16.0. The topological polar surface area (TPSA) is 80.1 Å². The van der Waals surface area contributed by atoms with Gasteiger partial charge in [-0.1, -0.05) is 35.5 Å². The van der Waals surface area contributed by atoms with Crippen LogP contribution in [0.2, 0.25) is 0 Å². The Morgan fingerprint density at radius 2 is 1.96 bits per heavy atom. The molecule has 0 aliphatic heterocycles. The van der Waals surface area contributed by atoms with E-state index in [-0.39, 0.29) is 24.1 Å². The zero-order chi connectivity index (χ0) is 19.1. The minimum atomic E-state index is -0.236. The Labute approximate surface area is 157 Å². The van der Waals surface area contributed by atoms with Crippen LogP contribution in [0.4, 0.5) is 5.69 Å². The van der Waals surface area contributed by atoms with Crippen LogP contribution in [-0.4, -0.2) is 50.8 Å². The van der Waals surface area contributed by atoms with Crippen LogP contribution >= 0.6 is 11.8 Å². The number of anilines is 1. The summed E-state index contributed by atoms with van der Waals surface area (Å²) in [4.78, 5) is 25.8. The fraction of sp³-hybridized carbons (Fsp3) is 0.333. The lowest BCUT2D eigenvalue weighted by molar-refractivity contribution is -0.131. The second kappa shape index (κ2) is 9.19. The molecule has 0 fully saturated rings. The van der Waals surface area contributed by atoms with Gasteiger partial charge in [-0.3, -0.25) is 9.59 Å². The Morgan fingerprint density at radius 1 is 1.27 bits per heavy atom. The summed E-state index contributed by atoms with van der Waals surface area (Å²) in [6.07, 6.45) is 1.75. The summed E-state index contributed by atoms with van der Waals surface area (Å²) in [5.41, 5.74) is 1.83. The van der Waals surface area contributed by atoms with E-state index in [9.17, 15) is 9.59 Å². The number of likely N-dealkylation sites (N-methyl/N-ethyl adjacent to an activating group) is 1. The number of thioether (sulfide) groups is 1. The molecule has 138 valence electrons. The van der Waals surface area contributed by atoms with Gasteiger partial charge in [0.15, 0.2) is 5.16 Å². The largest absolute Gasteiger partial charge is 0.336 e. The molecule has 26 heavy (non-hydrogen) atoms. The van der Waals surface area contributed by atoms with E-state index in [1.165, 1.54) is 16.7 Å². The molecule has 0 saturated carbocycles. The maximum Gasteiger partial charge on any atom is 0.243 e. The molecule has 0 radical (unpaired) electrons. The molecule has 1 heterocycles. The minimum Gasteiger partial charge on any atom is -0.336 e. The molecule has 7 nitrogen and oxygen atoms in total. The predicted molar refractivity (Wildman–Crippen MR) is 103 cm³/mol. The first-order valence-electron chi connectivity index (χ1n) is 8.14. The molecule has 0 aliphatic carbocycles.